The van der Waals surface area contributed by atoms with Gasteiger partial charge in [0.15, 0.2) is 0 Å². The molecule has 4 rings (SSSR count). The smallest absolute Gasteiger partial charge is 0.411 e. The summed E-state index contributed by atoms with van der Waals surface area (Å²) >= 11 is 0. The molecule has 0 unspecified atom stereocenters. The van der Waals surface area contributed by atoms with Gasteiger partial charge in [0.2, 0.25) is 0 Å². The average molecular weight is 372 g/mol. The largest absolute Gasteiger partial charge is 0.444 e. The molecular formula is C23H20N2O3. The Morgan fingerprint density at radius 2 is 1.75 bits per heavy atom. The maximum Gasteiger partial charge on any atom is 0.411 e. The Hall–Kier alpha value is -3.60. The molecule has 0 bridgehead atoms. The lowest BCUT2D eigenvalue weighted by Crippen LogP contribution is -2.18. The van der Waals surface area contributed by atoms with E-state index in [0.717, 1.165) is 17.5 Å². The van der Waals surface area contributed by atoms with Crippen LogP contribution in [-0.2, 0) is 17.8 Å². The summed E-state index contributed by atoms with van der Waals surface area (Å²) in [5, 5.41) is 5.23. The Bertz CT molecular complexity index is 1060. The minimum absolute atomic E-state index is 0.179. The van der Waals surface area contributed by atoms with Gasteiger partial charge in [-0.3, -0.25) is 10.1 Å². The molecule has 0 spiro atoms. The van der Waals surface area contributed by atoms with Gasteiger partial charge >= 0.3 is 6.09 Å². The number of nitrogens with one attached hydrogen (secondary N) is 2. The summed E-state index contributed by atoms with van der Waals surface area (Å²) in [6, 6.07) is 21.1. The van der Waals surface area contributed by atoms with Crippen LogP contribution in [0.2, 0.25) is 0 Å². The molecule has 0 saturated carbocycles. The first-order chi connectivity index (χ1) is 13.7. The molecule has 5 nitrogen and oxygen atoms in total. The molecule has 3 aromatic carbocycles. The second kappa shape index (κ2) is 7.56. The highest BCUT2D eigenvalue weighted by Crippen LogP contribution is 2.38. The van der Waals surface area contributed by atoms with Crippen molar-refractivity contribution in [3.05, 3.63) is 89.0 Å². The zero-order chi connectivity index (χ0) is 19.5. The second-order valence-electron chi connectivity index (χ2n) is 6.65. The van der Waals surface area contributed by atoms with Gasteiger partial charge in [-0.25, -0.2) is 4.79 Å². The summed E-state index contributed by atoms with van der Waals surface area (Å²) in [7, 11) is 1.56. The summed E-state index contributed by atoms with van der Waals surface area (Å²) in [6.07, 6.45) is 0.343. The molecule has 2 amide bonds. The van der Waals surface area contributed by atoms with Crippen molar-refractivity contribution in [2.75, 3.05) is 12.4 Å². The first-order valence-electron chi connectivity index (χ1n) is 9.10. The molecule has 0 saturated heterocycles. The van der Waals surface area contributed by atoms with Gasteiger partial charge in [-0.1, -0.05) is 48.5 Å². The highest BCUT2D eigenvalue weighted by Gasteiger charge is 2.21. The summed E-state index contributed by atoms with van der Waals surface area (Å²) in [6.45, 7) is 0.179. The van der Waals surface area contributed by atoms with Crippen LogP contribution in [0.4, 0.5) is 10.5 Å². The number of hydrogen-bond acceptors (Lipinski definition) is 3. The number of fused-ring (bicyclic) bond motifs is 3. The van der Waals surface area contributed by atoms with Gasteiger partial charge in [-0.15, -0.1) is 0 Å². The van der Waals surface area contributed by atoms with Gasteiger partial charge in [0.1, 0.15) is 6.61 Å². The fourth-order valence-electron chi connectivity index (χ4n) is 3.57. The molecule has 0 fully saturated rings. The first kappa shape index (κ1) is 17.8. The Morgan fingerprint density at radius 3 is 2.61 bits per heavy atom. The molecule has 0 heterocycles. The molecule has 0 atom stereocenters. The van der Waals surface area contributed by atoms with Crippen LogP contribution < -0.4 is 10.6 Å². The zero-order valence-corrected chi connectivity index (χ0v) is 15.5. The highest BCUT2D eigenvalue weighted by atomic mass is 16.5. The quantitative estimate of drug-likeness (QED) is 0.559. The first-order valence-corrected chi connectivity index (χ1v) is 9.10. The summed E-state index contributed by atoms with van der Waals surface area (Å²) in [5.41, 5.74) is 6.87. The molecule has 5 heteroatoms. The van der Waals surface area contributed by atoms with E-state index in [1.165, 1.54) is 16.7 Å². The maximum absolute atomic E-state index is 12.2. The third-order valence-electron chi connectivity index (χ3n) is 4.86. The number of hydrogen-bond donors (Lipinski definition) is 2. The molecule has 0 aliphatic heterocycles. The molecule has 1 aliphatic rings. The molecular weight excluding hydrogens is 352 g/mol. The molecule has 0 radical (unpaired) electrons. The summed E-state index contributed by atoms with van der Waals surface area (Å²) in [5.74, 6) is -0.212. The van der Waals surface area contributed by atoms with Crippen molar-refractivity contribution in [2.45, 2.75) is 13.0 Å². The van der Waals surface area contributed by atoms with Crippen molar-refractivity contribution >= 4 is 17.7 Å². The van der Waals surface area contributed by atoms with Gasteiger partial charge in [-0.2, -0.15) is 0 Å². The molecule has 0 aromatic heterocycles. The van der Waals surface area contributed by atoms with E-state index >= 15 is 0 Å². The van der Waals surface area contributed by atoms with Crippen molar-refractivity contribution in [1.82, 2.24) is 5.32 Å². The van der Waals surface area contributed by atoms with Crippen LogP contribution in [0.25, 0.3) is 11.1 Å². The van der Waals surface area contributed by atoms with Crippen molar-refractivity contribution < 1.29 is 14.3 Å². The van der Waals surface area contributed by atoms with E-state index in [9.17, 15) is 9.59 Å². The normalized spacial score (nSPS) is 11.3. The lowest BCUT2D eigenvalue weighted by atomic mass is 10.00. The van der Waals surface area contributed by atoms with Crippen LogP contribution in [0.15, 0.2) is 66.7 Å². The Labute approximate surface area is 163 Å². The number of ether oxygens (including phenoxy) is 1. The second-order valence-corrected chi connectivity index (χ2v) is 6.65. The van der Waals surface area contributed by atoms with Crippen molar-refractivity contribution in [1.29, 1.82) is 0 Å². The highest BCUT2D eigenvalue weighted by molar-refractivity contribution is 5.96. The zero-order valence-electron chi connectivity index (χ0n) is 15.5. The van der Waals surface area contributed by atoms with Gasteiger partial charge in [-0.05, 0) is 52.4 Å². The van der Waals surface area contributed by atoms with Gasteiger partial charge < -0.3 is 10.1 Å². The van der Waals surface area contributed by atoms with E-state index in [4.69, 9.17) is 4.74 Å². The molecule has 1 aliphatic carbocycles. The fraction of sp³-hybridized carbons (Fsp3) is 0.130. The van der Waals surface area contributed by atoms with E-state index in [2.05, 4.69) is 28.8 Å². The molecule has 140 valence electrons. The number of carbonyl (C=O) groups excluding carboxylic acids is 2. The third kappa shape index (κ3) is 3.47. The standard InChI is InChI=1S/C23H20N2O3/c1-24-22(26)17-8-5-10-19(13-17)25-23(27)28-14-18-9-4-7-16-12-15-6-2-3-11-20(15)21(16)18/h2-11,13H,12,14H2,1H3,(H,24,26)(H,25,27). The lowest BCUT2D eigenvalue weighted by molar-refractivity contribution is 0.0963. The average Bonchev–Trinajstić information content (AvgIpc) is 3.11. The summed E-state index contributed by atoms with van der Waals surface area (Å²) < 4.78 is 5.45. The Morgan fingerprint density at radius 1 is 0.964 bits per heavy atom. The topological polar surface area (TPSA) is 67.4 Å². The van der Waals surface area contributed by atoms with Crippen LogP contribution in [0, 0.1) is 0 Å². The van der Waals surface area contributed by atoms with Crippen molar-refractivity contribution in [3.8, 4) is 11.1 Å². The van der Waals surface area contributed by atoms with Crippen LogP contribution >= 0.6 is 0 Å². The van der Waals surface area contributed by atoms with E-state index in [1.807, 2.05) is 24.3 Å². The number of benzene rings is 3. The molecule has 3 aromatic rings. The van der Waals surface area contributed by atoms with Crippen molar-refractivity contribution in [2.24, 2.45) is 0 Å². The lowest BCUT2D eigenvalue weighted by Gasteiger charge is -2.11. The SMILES string of the molecule is CNC(=O)c1cccc(NC(=O)OCc2cccc3c2-c2ccccc2C3)c1. The third-order valence-corrected chi connectivity index (χ3v) is 4.86. The van der Waals surface area contributed by atoms with Crippen molar-refractivity contribution in [3.63, 3.8) is 0 Å². The van der Waals surface area contributed by atoms with E-state index < -0.39 is 6.09 Å². The predicted octanol–water partition coefficient (Wildman–Crippen LogP) is 4.37. The number of carbonyl (C=O) groups is 2. The van der Waals surface area contributed by atoms with Gasteiger partial charge in [0.25, 0.3) is 5.91 Å². The minimum Gasteiger partial charge on any atom is -0.444 e. The van der Waals surface area contributed by atoms with Crippen LogP contribution in [0.3, 0.4) is 0 Å². The fourth-order valence-corrected chi connectivity index (χ4v) is 3.57. The van der Waals surface area contributed by atoms with E-state index in [1.54, 1.807) is 31.3 Å². The maximum atomic E-state index is 12.2. The predicted molar refractivity (Wildman–Crippen MR) is 108 cm³/mol. The van der Waals surface area contributed by atoms with E-state index in [0.29, 0.717) is 11.3 Å². The molecule has 2 N–H and O–H groups in total. The Kier molecular flexibility index (Phi) is 4.81. The van der Waals surface area contributed by atoms with E-state index in [-0.39, 0.29) is 12.5 Å². The number of rotatable bonds is 4. The van der Waals surface area contributed by atoms with Gasteiger partial charge in [0, 0.05) is 18.3 Å². The summed E-state index contributed by atoms with van der Waals surface area (Å²) in [4.78, 5) is 24.0. The van der Waals surface area contributed by atoms with Gasteiger partial charge in [0.05, 0.1) is 0 Å². The number of anilines is 1. The van der Waals surface area contributed by atoms with Crippen LogP contribution in [0.5, 0.6) is 0 Å². The molecule has 28 heavy (non-hydrogen) atoms. The number of amides is 2. The monoisotopic (exact) mass is 372 g/mol. The minimum atomic E-state index is -0.557. The van der Waals surface area contributed by atoms with Crippen LogP contribution in [0.1, 0.15) is 27.0 Å². The Balaban J connectivity index is 1.46. The van der Waals surface area contributed by atoms with Crippen LogP contribution in [-0.4, -0.2) is 19.0 Å².